The Labute approximate surface area is 183 Å². The second-order valence-electron chi connectivity index (χ2n) is 7.84. The van der Waals surface area contributed by atoms with E-state index >= 15 is 0 Å². The third-order valence-corrected chi connectivity index (χ3v) is 5.46. The number of ether oxygens (including phenoxy) is 2. The average Bonchev–Trinajstić information content (AvgIpc) is 3.19. The second-order valence-corrected chi connectivity index (χ2v) is 7.84. The van der Waals surface area contributed by atoms with Crippen molar-refractivity contribution in [1.82, 2.24) is 10.2 Å². The molecule has 1 aromatic rings. The van der Waals surface area contributed by atoms with Crippen LogP contribution < -0.4 is 10.1 Å². The fourth-order valence-corrected chi connectivity index (χ4v) is 3.73. The zero-order valence-corrected chi connectivity index (χ0v) is 18.4. The maximum atomic E-state index is 12.6. The third-order valence-electron chi connectivity index (χ3n) is 5.46. The number of amidine groups is 1. The van der Waals surface area contributed by atoms with Crippen LogP contribution in [-0.4, -0.2) is 57.0 Å². The normalized spacial score (nSPS) is 15.9. The number of fused-ring (bicyclic) bond motifs is 1. The maximum Gasteiger partial charge on any atom is 0.255 e. The molecular weight excluding hydrogens is 394 g/mol. The molecule has 2 heterocycles. The van der Waals surface area contributed by atoms with Crippen LogP contribution in [0.25, 0.3) is 0 Å². The molecule has 0 unspecified atom stereocenters. The lowest BCUT2D eigenvalue weighted by molar-refractivity contribution is -0.124. The second kappa shape index (κ2) is 9.75. The Morgan fingerprint density at radius 1 is 1.19 bits per heavy atom. The van der Waals surface area contributed by atoms with Crippen LogP contribution in [0.3, 0.4) is 0 Å². The summed E-state index contributed by atoms with van der Waals surface area (Å²) in [5.41, 5.74) is 3.51. The molecule has 3 rings (SSSR count). The summed E-state index contributed by atoms with van der Waals surface area (Å²) in [5, 5.41) is 2.84. The van der Waals surface area contributed by atoms with E-state index < -0.39 is 0 Å². The van der Waals surface area contributed by atoms with Crippen LogP contribution in [0.15, 0.2) is 53.6 Å². The van der Waals surface area contributed by atoms with E-state index in [0.29, 0.717) is 18.2 Å². The van der Waals surface area contributed by atoms with Crippen LogP contribution in [0.2, 0.25) is 0 Å². The molecule has 1 aromatic carbocycles. The number of rotatable bonds is 6. The van der Waals surface area contributed by atoms with Crippen molar-refractivity contribution in [2.75, 3.05) is 34.4 Å². The van der Waals surface area contributed by atoms with Crippen LogP contribution in [0.5, 0.6) is 5.75 Å². The molecule has 0 radical (unpaired) electrons. The Kier molecular flexibility index (Phi) is 7.07. The lowest BCUT2D eigenvalue weighted by Crippen LogP contribution is -2.31. The quantitative estimate of drug-likeness (QED) is 0.563. The van der Waals surface area contributed by atoms with E-state index in [4.69, 9.17) is 14.5 Å². The lowest BCUT2D eigenvalue weighted by Gasteiger charge is -2.24. The highest BCUT2D eigenvalue weighted by Gasteiger charge is 2.27. The number of likely N-dealkylation sites (N-methyl/N-ethyl adjacent to an activating group) is 1. The molecule has 1 saturated heterocycles. The van der Waals surface area contributed by atoms with Crippen LogP contribution >= 0.6 is 0 Å². The van der Waals surface area contributed by atoms with Crippen molar-refractivity contribution in [1.29, 1.82) is 0 Å². The first-order chi connectivity index (χ1) is 14.8. The molecular formula is C24H29N3O4. The Morgan fingerprint density at radius 2 is 1.87 bits per heavy atom. The van der Waals surface area contributed by atoms with E-state index in [9.17, 15) is 9.59 Å². The molecule has 1 fully saturated rings. The molecule has 164 valence electrons. The monoisotopic (exact) mass is 423 g/mol. The van der Waals surface area contributed by atoms with E-state index in [1.165, 1.54) is 22.6 Å². The van der Waals surface area contributed by atoms with Gasteiger partial charge >= 0.3 is 0 Å². The highest BCUT2D eigenvalue weighted by Crippen LogP contribution is 2.42. The van der Waals surface area contributed by atoms with Crippen LogP contribution in [0, 0.1) is 0 Å². The van der Waals surface area contributed by atoms with Gasteiger partial charge in [-0.25, -0.2) is 4.99 Å². The molecule has 0 spiro atoms. The average molecular weight is 424 g/mol. The van der Waals surface area contributed by atoms with Gasteiger partial charge in [0, 0.05) is 50.4 Å². The van der Waals surface area contributed by atoms with Crippen molar-refractivity contribution in [3.8, 4) is 5.75 Å². The molecule has 2 aliphatic heterocycles. The molecule has 0 atom stereocenters. The molecule has 7 heteroatoms. The number of methoxy groups -OCH3 is 1. The van der Waals surface area contributed by atoms with Gasteiger partial charge in [0.2, 0.25) is 0 Å². The summed E-state index contributed by atoms with van der Waals surface area (Å²) >= 11 is 0. The maximum absolute atomic E-state index is 12.6. The molecule has 0 aromatic heterocycles. The van der Waals surface area contributed by atoms with Crippen molar-refractivity contribution in [2.24, 2.45) is 4.99 Å². The Morgan fingerprint density at radius 3 is 2.52 bits per heavy atom. The van der Waals surface area contributed by atoms with E-state index in [-0.39, 0.29) is 23.0 Å². The van der Waals surface area contributed by atoms with E-state index in [0.717, 1.165) is 43.1 Å². The van der Waals surface area contributed by atoms with Gasteiger partial charge in [-0.05, 0) is 42.5 Å². The Balaban J connectivity index is 1.73. The van der Waals surface area contributed by atoms with Crippen LogP contribution in [0.4, 0.5) is 5.69 Å². The van der Waals surface area contributed by atoms with Gasteiger partial charge in [-0.15, -0.1) is 0 Å². The topological polar surface area (TPSA) is 80.2 Å². The lowest BCUT2D eigenvalue weighted by atomic mass is 9.89. The summed E-state index contributed by atoms with van der Waals surface area (Å²) < 4.78 is 11.0. The molecule has 7 nitrogen and oxygen atoms in total. The highest BCUT2D eigenvalue weighted by molar-refractivity contribution is 6.10. The van der Waals surface area contributed by atoms with Crippen molar-refractivity contribution >= 4 is 23.3 Å². The van der Waals surface area contributed by atoms with Crippen LogP contribution in [0.1, 0.15) is 29.9 Å². The SMILES string of the molecule is C=C(/C=C\C(=C)C(=O)N(C)C)C(=O)NC1=Nc2c(C3CCOCC3)ccc(OC)c2C1. The molecule has 0 bridgehead atoms. The predicted molar refractivity (Wildman–Crippen MR) is 121 cm³/mol. The van der Waals surface area contributed by atoms with Gasteiger partial charge in [-0.2, -0.15) is 0 Å². The largest absolute Gasteiger partial charge is 0.496 e. The predicted octanol–water partition coefficient (Wildman–Crippen LogP) is 3.05. The van der Waals surface area contributed by atoms with Crippen molar-refractivity contribution in [3.63, 3.8) is 0 Å². The van der Waals surface area contributed by atoms with Crippen LogP contribution in [-0.2, 0) is 20.7 Å². The molecule has 0 saturated carbocycles. The number of carbonyl (C=O) groups is 2. The van der Waals surface area contributed by atoms with Crippen molar-refractivity contribution < 1.29 is 19.1 Å². The fraction of sp³-hybridized carbons (Fsp3) is 0.375. The highest BCUT2D eigenvalue weighted by atomic mass is 16.5. The minimum atomic E-state index is -0.375. The standard InChI is InChI=1S/C24H29N3O4/c1-15(6-7-16(2)24(29)27(3)4)23(28)26-21-14-19-20(30-5)9-8-18(22(19)25-21)17-10-12-31-13-11-17/h6-9,17H,1-2,10-14H2,3-5H3,(H,25,26,28)/b7-6-. The number of amides is 2. The first-order valence-electron chi connectivity index (χ1n) is 10.3. The van der Waals surface area contributed by atoms with Gasteiger partial charge in [0.25, 0.3) is 11.8 Å². The summed E-state index contributed by atoms with van der Waals surface area (Å²) in [6.07, 6.45) is 5.35. The first-order valence-corrected chi connectivity index (χ1v) is 10.3. The minimum Gasteiger partial charge on any atom is -0.496 e. The number of hydrogen-bond acceptors (Lipinski definition) is 5. The van der Waals surface area contributed by atoms with E-state index in [2.05, 4.69) is 24.5 Å². The van der Waals surface area contributed by atoms with Gasteiger partial charge in [-0.3, -0.25) is 9.59 Å². The third kappa shape index (κ3) is 5.11. The smallest absolute Gasteiger partial charge is 0.255 e. The zero-order chi connectivity index (χ0) is 22.5. The number of carbonyl (C=O) groups excluding carboxylic acids is 2. The number of nitrogens with zero attached hydrogens (tertiary/aromatic N) is 2. The van der Waals surface area contributed by atoms with Gasteiger partial charge in [0.1, 0.15) is 11.6 Å². The summed E-state index contributed by atoms with van der Waals surface area (Å²) in [7, 11) is 4.91. The Hall–Kier alpha value is -3.19. The van der Waals surface area contributed by atoms with E-state index in [1.807, 2.05) is 6.07 Å². The first kappa shape index (κ1) is 22.5. The molecule has 31 heavy (non-hydrogen) atoms. The zero-order valence-electron chi connectivity index (χ0n) is 18.4. The Bertz CT molecular complexity index is 969. The van der Waals surface area contributed by atoms with Gasteiger partial charge in [0.05, 0.1) is 12.8 Å². The number of hydrogen-bond donors (Lipinski definition) is 1. The van der Waals surface area contributed by atoms with Gasteiger partial charge < -0.3 is 19.7 Å². The summed E-state index contributed by atoms with van der Waals surface area (Å²) in [5.74, 6) is 1.09. The minimum absolute atomic E-state index is 0.211. The summed E-state index contributed by atoms with van der Waals surface area (Å²) in [6, 6.07) is 4.04. The number of nitrogens with one attached hydrogen (secondary N) is 1. The number of benzene rings is 1. The fourth-order valence-electron chi connectivity index (χ4n) is 3.73. The van der Waals surface area contributed by atoms with Crippen molar-refractivity contribution in [3.05, 3.63) is 59.7 Å². The molecule has 2 aliphatic rings. The molecule has 2 amide bonds. The molecule has 0 aliphatic carbocycles. The molecule has 1 N–H and O–H groups in total. The number of aliphatic imine (C=N–C) groups is 1. The van der Waals surface area contributed by atoms with Gasteiger partial charge in [-0.1, -0.05) is 19.2 Å². The van der Waals surface area contributed by atoms with Gasteiger partial charge in [0.15, 0.2) is 0 Å². The van der Waals surface area contributed by atoms with Crippen molar-refractivity contribution in [2.45, 2.75) is 25.2 Å². The summed E-state index contributed by atoms with van der Waals surface area (Å²) in [4.78, 5) is 30.6. The summed E-state index contributed by atoms with van der Waals surface area (Å²) in [6.45, 7) is 8.99. The van der Waals surface area contributed by atoms with E-state index in [1.54, 1.807) is 21.2 Å².